The third kappa shape index (κ3) is 2.26. The molecule has 0 aromatic heterocycles. The van der Waals surface area contributed by atoms with Crippen molar-refractivity contribution in [3.8, 4) is 5.75 Å². The molecule has 0 aliphatic carbocycles. The number of hydrogen-bond acceptors (Lipinski definition) is 1. The van der Waals surface area contributed by atoms with Crippen LogP contribution in [0.15, 0.2) is 24.3 Å². The summed E-state index contributed by atoms with van der Waals surface area (Å²) in [4.78, 5) is 0. The fraction of sp³-hybridized carbons (Fsp3) is 0.500. The first-order valence-corrected chi connectivity index (χ1v) is 5.27. The summed E-state index contributed by atoms with van der Waals surface area (Å²) in [5.41, 5.74) is 1.39. The zero-order valence-electron chi connectivity index (χ0n) is 8.57. The summed E-state index contributed by atoms with van der Waals surface area (Å²) in [5.74, 6) is 0.977. The summed E-state index contributed by atoms with van der Waals surface area (Å²) < 4.78 is 5.69. The van der Waals surface area contributed by atoms with Gasteiger partial charge in [0.05, 0.1) is 13.1 Å². The molecule has 0 spiro atoms. The topological polar surface area (TPSA) is 23.3 Å². The first-order valence-electron chi connectivity index (χ1n) is 5.27. The Morgan fingerprint density at radius 1 is 1.29 bits per heavy atom. The zero-order valence-corrected chi connectivity index (χ0v) is 8.57. The standard InChI is InChI=1S/C12H16NO/c1-2-3-10-4-6-11(7-5-10)14-12-8-13-9-12/h4-7,12H,2-3,8-9H2,1H3. The Morgan fingerprint density at radius 2 is 2.00 bits per heavy atom. The van der Waals surface area contributed by atoms with Gasteiger partial charge in [0.1, 0.15) is 11.9 Å². The van der Waals surface area contributed by atoms with Crippen molar-refractivity contribution in [1.29, 1.82) is 0 Å². The van der Waals surface area contributed by atoms with Gasteiger partial charge in [0, 0.05) is 0 Å². The van der Waals surface area contributed by atoms with E-state index >= 15 is 0 Å². The lowest BCUT2D eigenvalue weighted by Crippen LogP contribution is -2.45. The number of nitrogens with zero attached hydrogens (tertiary/aromatic N) is 1. The Balaban J connectivity index is 1.91. The third-order valence-electron chi connectivity index (χ3n) is 2.43. The van der Waals surface area contributed by atoms with E-state index in [1.807, 2.05) is 0 Å². The van der Waals surface area contributed by atoms with Gasteiger partial charge in [-0.15, -0.1) is 0 Å². The SMILES string of the molecule is CCCc1ccc(OC2C[N]C2)cc1. The summed E-state index contributed by atoms with van der Waals surface area (Å²) in [6.45, 7) is 3.91. The minimum atomic E-state index is 0.326. The normalized spacial score (nSPS) is 16.4. The average Bonchev–Trinajstić information content (AvgIpc) is 2.14. The van der Waals surface area contributed by atoms with Crippen LogP contribution in [0.2, 0.25) is 0 Å². The van der Waals surface area contributed by atoms with Crippen LogP contribution in [-0.2, 0) is 6.42 Å². The summed E-state index contributed by atoms with van der Waals surface area (Å²) in [6, 6.07) is 8.41. The number of rotatable bonds is 4. The third-order valence-corrected chi connectivity index (χ3v) is 2.43. The largest absolute Gasteiger partial charge is 0.488 e. The van der Waals surface area contributed by atoms with Gasteiger partial charge in [-0.25, -0.2) is 5.32 Å². The van der Waals surface area contributed by atoms with E-state index in [1.165, 1.54) is 12.0 Å². The molecule has 14 heavy (non-hydrogen) atoms. The number of aryl methyl sites for hydroxylation is 1. The second-order valence-corrected chi connectivity index (χ2v) is 3.72. The second-order valence-electron chi connectivity index (χ2n) is 3.72. The molecule has 0 amide bonds. The molecule has 2 rings (SSSR count). The van der Waals surface area contributed by atoms with E-state index in [4.69, 9.17) is 4.74 Å². The van der Waals surface area contributed by atoms with Crippen LogP contribution in [0.3, 0.4) is 0 Å². The fourth-order valence-electron chi connectivity index (χ4n) is 1.52. The fourth-order valence-corrected chi connectivity index (χ4v) is 1.52. The monoisotopic (exact) mass is 190 g/mol. The van der Waals surface area contributed by atoms with Gasteiger partial charge in [0.2, 0.25) is 0 Å². The molecule has 2 nitrogen and oxygen atoms in total. The van der Waals surface area contributed by atoms with Gasteiger partial charge in [-0.1, -0.05) is 25.5 Å². The molecule has 1 aliphatic rings. The molecule has 1 aromatic carbocycles. The molecule has 75 valence electrons. The van der Waals surface area contributed by atoms with Crippen molar-refractivity contribution in [1.82, 2.24) is 5.32 Å². The van der Waals surface area contributed by atoms with E-state index in [2.05, 4.69) is 36.5 Å². The maximum absolute atomic E-state index is 5.69. The average molecular weight is 190 g/mol. The van der Waals surface area contributed by atoms with Crippen molar-refractivity contribution in [2.75, 3.05) is 13.1 Å². The smallest absolute Gasteiger partial charge is 0.127 e. The molecule has 1 fully saturated rings. The second kappa shape index (κ2) is 4.47. The Bertz CT molecular complexity index is 277. The Kier molecular flexibility index (Phi) is 3.04. The lowest BCUT2D eigenvalue weighted by Gasteiger charge is -2.26. The van der Waals surface area contributed by atoms with Crippen LogP contribution < -0.4 is 10.1 Å². The molecular weight excluding hydrogens is 174 g/mol. The molecule has 1 aliphatic heterocycles. The van der Waals surface area contributed by atoms with Crippen LogP contribution in [-0.4, -0.2) is 19.2 Å². The molecule has 0 saturated carbocycles. The van der Waals surface area contributed by atoms with E-state index < -0.39 is 0 Å². The van der Waals surface area contributed by atoms with Gasteiger partial charge in [-0.2, -0.15) is 0 Å². The molecule has 0 N–H and O–H groups in total. The zero-order chi connectivity index (χ0) is 9.80. The molecule has 2 heteroatoms. The predicted octanol–water partition coefficient (Wildman–Crippen LogP) is 2.00. The minimum Gasteiger partial charge on any atom is -0.488 e. The predicted molar refractivity (Wildman–Crippen MR) is 56.7 cm³/mol. The quantitative estimate of drug-likeness (QED) is 0.712. The van der Waals surface area contributed by atoms with Gasteiger partial charge in [0.25, 0.3) is 0 Å². The number of hydrogen-bond donors (Lipinski definition) is 0. The van der Waals surface area contributed by atoms with Crippen LogP contribution in [0.25, 0.3) is 0 Å². The first-order chi connectivity index (χ1) is 6.88. The van der Waals surface area contributed by atoms with Crippen molar-refractivity contribution >= 4 is 0 Å². The molecule has 1 saturated heterocycles. The maximum atomic E-state index is 5.69. The van der Waals surface area contributed by atoms with Crippen molar-refractivity contribution in [2.24, 2.45) is 0 Å². The van der Waals surface area contributed by atoms with Crippen molar-refractivity contribution < 1.29 is 4.74 Å². The summed E-state index contributed by atoms with van der Waals surface area (Å²) in [5, 5.41) is 4.12. The lowest BCUT2D eigenvalue weighted by atomic mass is 10.1. The Hall–Kier alpha value is -1.02. The van der Waals surface area contributed by atoms with Gasteiger partial charge in [-0.05, 0) is 24.1 Å². The van der Waals surface area contributed by atoms with Gasteiger partial charge in [-0.3, -0.25) is 0 Å². The Morgan fingerprint density at radius 3 is 2.50 bits per heavy atom. The molecule has 0 unspecified atom stereocenters. The van der Waals surface area contributed by atoms with Gasteiger partial charge in [0.15, 0.2) is 0 Å². The minimum absolute atomic E-state index is 0.326. The molecular formula is C12H16NO. The molecule has 0 atom stereocenters. The van der Waals surface area contributed by atoms with Crippen molar-refractivity contribution in [3.63, 3.8) is 0 Å². The molecule has 1 aromatic rings. The number of ether oxygens (including phenoxy) is 1. The van der Waals surface area contributed by atoms with E-state index in [0.29, 0.717) is 6.10 Å². The molecule has 1 heterocycles. The maximum Gasteiger partial charge on any atom is 0.127 e. The van der Waals surface area contributed by atoms with Crippen LogP contribution in [0.1, 0.15) is 18.9 Å². The lowest BCUT2D eigenvalue weighted by molar-refractivity contribution is 0.139. The highest BCUT2D eigenvalue weighted by Crippen LogP contribution is 2.16. The summed E-state index contributed by atoms with van der Waals surface area (Å²) >= 11 is 0. The van der Waals surface area contributed by atoms with E-state index in [-0.39, 0.29) is 0 Å². The highest BCUT2D eigenvalue weighted by Gasteiger charge is 2.19. The first kappa shape index (κ1) is 9.53. The van der Waals surface area contributed by atoms with Gasteiger partial charge < -0.3 is 4.74 Å². The van der Waals surface area contributed by atoms with Crippen LogP contribution in [0, 0.1) is 0 Å². The highest BCUT2D eigenvalue weighted by atomic mass is 16.5. The summed E-state index contributed by atoms with van der Waals surface area (Å²) in [6.07, 6.45) is 2.67. The van der Waals surface area contributed by atoms with E-state index in [0.717, 1.165) is 25.3 Å². The van der Waals surface area contributed by atoms with Crippen LogP contribution >= 0.6 is 0 Å². The van der Waals surface area contributed by atoms with Crippen molar-refractivity contribution in [2.45, 2.75) is 25.9 Å². The summed E-state index contributed by atoms with van der Waals surface area (Å²) in [7, 11) is 0. The highest BCUT2D eigenvalue weighted by molar-refractivity contribution is 5.27. The van der Waals surface area contributed by atoms with Crippen molar-refractivity contribution in [3.05, 3.63) is 29.8 Å². The number of benzene rings is 1. The van der Waals surface area contributed by atoms with Crippen LogP contribution in [0.4, 0.5) is 0 Å². The van der Waals surface area contributed by atoms with Crippen LogP contribution in [0.5, 0.6) is 5.75 Å². The molecule has 0 bridgehead atoms. The molecule has 1 radical (unpaired) electrons. The van der Waals surface area contributed by atoms with Gasteiger partial charge >= 0.3 is 0 Å². The Labute approximate surface area is 85.3 Å². The van der Waals surface area contributed by atoms with E-state index in [9.17, 15) is 0 Å². The van der Waals surface area contributed by atoms with E-state index in [1.54, 1.807) is 0 Å².